The molecule has 0 radical (unpaired) electrons. The minimum atomic E-state index is 0.366. The molecular formula is C9H11Cl2N3S. The zero-order valence-electron chi connectivity index (χ0n) is 8.04. The molecule has 0 saturated carbocycles. The number of halogens is 2. The Morgan fingerprint density at radius 2 is 2.27 bits per heavy atom. The third kappa shape index (κ3) is 3.13. The normalized spacial score (nSPS) is 21.3. The van der Waals surface area contributed by atoms with Crippen LogP contribution < -0.4 is 5.32 Å². The van der Waals surface area contributed by atoms with Crippen LogP contribution in [0.4, 0.5) is 5.69 Å². The molecule has 1 N–H and O–H groups in total. The molecule has 2 heterocycles. The summed E-state index contributed by atoms with van der Waals surface area (Å²) in [4.78, 5) is 0. The predicted octanol–water partition coefficient (Wildman–Crippen LogP) is 3.09. The molecule has 0 spiro atoms. The number of anilines is 1. The van der Waals surface area contributed by atoms with Gasteiger partial charge in [-0.25, -0.2) is 0 Å². The average molecular weight is 264 g/mol. The van der Waals surface area contributed by atoms with Crippen LogP contribution in [0.5, 0.6) is 0 Å². The highest BCUT2D eigenvalue weighted by Crippen LogP contribution is 2.25. The van der Waals surface area contributed by atoms with Crippen molar-refractivity contribution in [2.24, 2.45) is 0 Å². The van der Waals surface area contributed by atoms with Gasteiger partial charge in [0.15, 0.2) is 10.3 Å². The Kier molecular flexibility index (Phi) is 3.94. The fourth-order valence-electron chi connectivity index (χ4n) is 1.53. The Morgan fingerprint density at radius 1 is 1.40 bits per heavy atom. The van der Waals surface area contributed by atoms with Crippen LogP contribution in [0.1, 0.15) is 12.8 Å². The standard InChI is InChI=1S/C9H11Cl2N3S/c10-8-4-7(9(11)14-13-8)12-6-2-1-3-15-5-6/h4,6H,1-3,5H2,(H,12,13). The van der Waals surface area contributed by atoms with E-state index in [1.54, 1.807) is 6.07 Å². The summed E-state index contributed by atoms with van der Waals surface area (Å²) in [5.74, 6) is 2.36. The lowest BCUT2D eigenvalue weighted by Crippen LogP contribution is -2.26. The molecule has 0 aliphatic carbocycles. The molecular weight excluding hydrogens is 253 g/mol. The van der Waals surface area contributed by atoms with Crippen molar-refractivity contribution in [1.82, 2.24) is 10.2 Å². The highest BCUT2D eigenvalue weighted by molar-refractivity contribution is 7.99. The van der Waals surface area contributed by atoms with Gasteiger partial charge in [-0.15, -0.1) is 10.2 Å². The van der Waals surface area contributed by atoms with Crippen molar-refractivity contribution in [3.8, 4) is 0 Å². The van der Waals surface area contributed by atoms with Crippen molar-refractivity contribution in [3.63, 3.8) is 0 Å². The number of hydrogen-bond acceptors (Lipinski definition) is 4. The molecule has 2 rings (SSSR count). The maximum absolute atomic E-state index is 5.91. The van der Waals surface area contributed by atoms with Gasteiger partial charge in [0.25, 0.3) is 0 Å². The fraction of sp³-hybridized carbons (Fsp3) is 0.556. The van der Waals surface area contributed by atoms with Gasteiger partial charge in [-0.3, -0.25) is 0 Å². The lowest BCUT2D eigenvalue weighted by molar-refractivity contribution is 0.684. The van der Waals surface area contributed by atoms with E-state index in [1.165, 1.54) is 18.6 Å². The third-order valence-corrected chi connectivity index (χ3v) is 3.92. The summed E-state index contributed by atoms with van der Waals surface area (Å²) in [5, 5.41) is 11.5. The zero-order valence-corrected chi connectivity index (χ0v) is 10.4. The molecule has 3 nitrogen and oxygen atoms in total. The van der Waals surface area contributed by atoms with Gasteiger partial charge >= 0.3 is 0 Å². The SMILES string of the molecule is Clc1cc(NC2CCCSC2)c(Cl)nn1. The highest BCUT2D eigenvalue weighted by Gasteiger charge is 2.15. The topological polar surface area (TPSA) is 37.8 Å². The Bertz CT molecular complexity index is 342. The molecule has 1 atom stereocenters. The van der Waals surface area contributed by atoms with E-state index in [9.17, 15) is 0 Å². The summed E-state index contributed by atoms with van der Waals surface area (Å²) >= 11 is 13.6. The number of nitrogens with one attached hydrogen (secondary N) is 1. The Morgan fingerprint density at radius 3 is 3.00 bits per heavy atom. The lowest BCUT2D eigenvalue weighted by Gasteiger charge is -2.23. The first-order chi connectivity index (χ1) is 7.25. The Labute approximate surface area is 103 Å². The smallest absolute Gasteiger partial charge is 0.174 e. The number of rotatable bonds is 2. The largest absolute Gasteiger partial charge is 0.379 e. The molecule has 6 heteroatoms. The zero-order chi connectivity index (χ0) is 10.7. The predicted molar refractivity (Wildman–Crippen MR) is 66.0 cm³/mol. The van der Waals surface area contributed by atoms with E-state index in [0.29, 0.717) is 16.3 Å². The molecule has 15 heavy (non-hydrogen) atoms. The number of aromatic nitrogens is 2. The third-order valence-electron chi connectivity index (χ3n) is 2.24. The van der Waals surface area contributed by atoms with Crippen LogP contribution >= 0.6 is 35.0 Å². The number of hydrogen-bond donors (Lipinski definition) is 1. The van der Waals surface area contributed by atoms with E-state index in [2.05, 4.69) is 15.5 Å². The molecule has 82 valence electrons. The van der Waals surface area contributed by atoms with Crippen molar-refractivity contribution in [3.05, 3.63) is 16.4 Å². The second kappa shape index (κ2) is 5.23. The quantitative estimate of drug-likeness (QED) is 0.890. The number of thioether (sulfide) groups is 1. The summed E-state index contributed by atoms with van der Waals surface area (Å²) in [5.41, 5.74) is 0.782. The average Bonchev–Trinajstić information content (AvgIpc) is 2.25. The van der Waals surface area contributed by atoms with Gasteiger partial charge in [-0.05, 0) is 18.6 Å². The first-order valence-electron chi connectivity index (χ1n) is 4.79. The van der Waals surface area contributed by atoms with Crippen molar-refractivity contribution in [2.75, 3.05) is 16.8 Å². The van der Waals surface area contributed by atoms with Gasteiger partial charge in [0, 0.05) is 17.9 Å². The lowest BCUT2D eigenvalue weighted by atomic mass is 10.2. The second-order valence-electron chi connectivity index (χ2n) is 3.43. The van der Waals surface area contributed by atoms with Gasteiger partial charge in [0.05, 0.1) is 5.69 Å². The van der Waals surface area contributed by atoms with Crippen molar-refractivity contribution in [2.45, 2.75) is 18.9 Å². The monoisotopic (exact) mass is 263 g/mol. The van der Waals surface area contributed by atoms with Crippen LogP contribution in [0, 0.1) is 0 Å². The van der Waals surface area contributed by atoms with Crippen LogP contribution in [0.3, 0.4) is 0 Å². The summed E-state index contributed by atoms with van der Waals surface area (Å²) in [6.45, 7) is 0. The molecule has 1 aromatic rings. The molecule has 1 unspecified atom stereocenters. The van der Waals surface area contributed by atoms with Gasteiger partial charge in [0.2, 0.25) is 0 Å². The fourth-order valence-corrected chi connectivity index (χ4v) is 2.89. The second-order valence-corrected chi connectivity index (χ2v) is 5.33. The first kappa shape index (κ1) is 11.3. The number of nitrogens with zero attached hydrogens (tertiary/aromatic N) is 2. The van der Waals surface area contributed by atoms with Gasteiger partial charge in [0.1, 0.15) is 0 Å². The summed E-state index contributed by atoms with van der Waals surface area (Å²) in [6.07, 6.45) is 2.41. The highest BCUT2D eigenvalue weighted by atomic mass is 35.5. The van der Waals surface area contributed by atoms with E-state index in [-0.39, 0.29) is 0 Å². The molecule has 1 aliphatic heterocycles. The van der Waals surface area contributed by atoms with E-state index in [4.69, 9.17) is 23.2 Å². The van der Waals surface area contributed by atoms with Crippen molar-refractivity contribution < 1.29 is 0 Å². The van der Waals surface area contributed by atoms with Gasteiger partial charge < -0.3 is 5.32 Å². The molecule has 1 aliphatic rings. The molecule has 0 bridgehead atoms. The van der Waals surface area contributed by atoms with Gasteiger partial charge in [-0.2, -0.15) is 11.8 Å². The van der Waals surface area contributed by atoms with E-state index < -0.39 is 0 Å². The molecule has 1 aromatic heterocycles. The summed E-state index contributed by atoms with van der Waals surface area (Å²) in [7, 11) is 0. The van der Waals surface area contributed by atoms with E-state index >= 15 is 0 Å². The van der Waals surface area contributed by atoms with Crippen LogP contribution in [0.15, 0.2) is 6.07 Å². The first-order valence-corrected chi connectivity index (χ1v) is 6.70. The molecule has 0 amide bonds. The Hall–Kier alpha value is -0.190. The summed E-state index contributed by atoms with van der Waals surface area (Å²) in [6, 6.07) is 2.18. The molecule has 0 aromatic carbocycles. The maximum Gasteiger partial charge on any atom is 0.174 e. The van der Waals surface area contributed by atoms with E-state index in [0.717, 1.165) is 11.4 Å². The van der Waals surface area contributed by atoms with Crippen LogP contribution in [-0.4, -0.2) is 27.7 Å². The minimum Gasteiger partial charge on any atom is -0.379 e. The van der Waals surface area contributed by atoms with Crippen LogP contribution in [0.25, 0.3) is 0 Å². The van der Waals surface area contributed by atoms with Crippen molar-refractivity contribution in [1.29, 1.82) is 0 Å². The minimum absolute atomic E-state index is 0.366. The van der Waals surface area contributed by atoms with Crippen LogP contribution in [0.2, 0.25) is 10.3 Å². The maximum atomic E-state index is 5.91. The molecule has 1 saturated heterocycles. The summed E-state index contributed by atoms with van der Waals surface area (Å²) < 4.78 is 0. The molecule has 1 fully saturated rings. The Balaban J connectivity index is 2.05. The van der Waals surface area contributed by atoms with Gasteiger partial charge in [-0.1, -0.05) is 23.2 Å². The van der Waals surface area contributed by atoms with E-state index in [1.807, 2.05) is 11.8 Å². The van der Waals surface area contributed by atoms with Crippen LogP contribution in [-0.2, 0) is 0 Å². The van der Waals surface area contributed by atoms with Crippen molar-refractivity contribution >= 4 is 40.7 Å².